The standard InChI is InChI=1S/C13H16BrN/c14-9-6-7-11-10-4-2-1-3-5-12(10)15-13(11)8-9/h6-8,10,12,15H,1-5H2. The SMILES string of the molecule is Brc1ccc2c(c1)NC1CCCCCC21. The average molecular weight is 266 g/mol. The van der Waals surface area contributed by atoms with Gasteiger partial charge in [-0.1, -0.05) is 41.3 Å². The molecule has 0 radical (unpaired) electrons. The molecule has 1 N–H and O–H groups in total. The number of hydrogen-bond acceptors (Lipinski definition) is 1. The van der Waals surface area contributed by atoms with Gasteiger partial charge in [0.05, 0.1) is 0 Å². The molecule has 2 aliphatic rings. The van der Waals surface area contributed by atoms with Crippen LogP contribution in [0.2, 0.25) is 0 Å². The van der Waals surface area contributed by atoms with E-state index < -0.39 is 0 Å². The maximum Gasteiger partial charge on any atom is 0.0390 e. The van der Waals surface area contributed by atoms with Gasteiger partial charge in [-0.15, -0.1) is 0 Å². The molecule has 1 aliphatic heterocycles. The Morgan fingerprint density at radius 3 is 2.93 bits per heavy atom. The van der Waals surface area contributed by atoms with Crippen LogP contribution in [-0.4, -0.2) is 6.04 Å². The normalized spacial score (nSPS) is 28.9. The lowest BCUT2D eigenvalue weighted by Crippen LogP contribution is -2.18. The number of rotatable bonds is 0. The first kappa shape index (κ1) is 9.71. The van der Waals surface area contributed by atoms with Crippen LogP contribution in [0.15, 0.2) is 22.7 Å². The van der Waals surface area contributed by atoms with Gasteiger partial charge in [-0.25, -0.2) is 0 Å². The molecule has 1 saturated carbocycles. The van der Waals surface area contributed by atoms with Gasteiger partial charge in [0.15, 0.2) is 0 Å². The van der Waals surface area contributed by atoms with Gasteiger partial charge in [0.2, 0.25) is 0 Å². The number of nitrogens with one attached hydrogen (secondary N) is 1. The topological polar surface area (TPSA) is 12.0 Å². The first-order valence-corrected chi connectivity index (χ1v) is 6.70. The lowest BCUT2D eigenvalue weighted by Gasteiger charge is -2.16. The zero-order valence-electron chi connectivity index (χ0n) is 8.80. The minimum atomic E-state index is 0.705. The molecule has 0 spiro atoms. The Kier molecular flexibility index (Phi) is 2.47. The largest absolute Gasteiger partial charge is 0.381 e. The van der Waals surface area contributed by atoms with Crippen molar-refractivity contribution in [3.05, 3.63) is 28.2 Å². The summed E-state index contributed by atoms with van der Waals surface area (Å²) in [6.07, 6.45) is 6.92. The molecule has 2 unspecified atom stereocenters. The minimum Gasteiger partial charge on any atom is -0.381 e. The van der Waals surface area contributed by atoms with Crippen molar-refractivity contribution in [2.24, 2.45) is 0 Å². The van der Waals surface area contributed by atoms with Crippen molar-refractivity contribution < 1.29 is 0 Å². The Labute approximate surface area is 99.4 Å². The highest BCUT2D eigenvalue weighted by molar-refractivity contribution is 9.10. The third-order valence-corrected chi connectivity index (χ3v) is 4.26. The van der Waals surface area contributed by atoms with Crippen molar-refractivity contribution in [1.29, 1.82) is 0 Å². The first-order valence-electron chi connectivity index (χ1n) is 5.90. The Morgan fingerprint density at radius 1 is 1.13 bits per heavy atom. The van der Waals surface area contributed by atoms with Crippen molar-refractivity contribution in [2.75, 3.05) is 5.32 Å². The monoisotopic (exact) mass is 265 g/mol. The predicted molar refractivity (Wildman–Crippen MR) is 67.4 cm³/mol. The highest BCUT2D eigenvalue weighted by Crippen LogP contribution is 2.43. The molecule has 1 aromatic rings. The summed E-state index contributed by atoms with van der Waals surface area (Å²) in [5, 5.41) is 3.69. The van der Waals surface area contributed by atoms with Crippen LogP contribution in [-0.2, 0) is 0 Å². The van der Waals surface area contributed by atoms with Crippen LogP contribution in [0.25, 0.3) is 0 Å². The molecule has 0 aromatic heterocycles. The Morgan fingerprint density at radius 2 is 2.00 bits per heavy atom. The maximum absolute atomic E-state index is 3.69. The fraction of sp³-hybridized carbons (Fsp3) is 0.538. The fourth-order valence-electron chi connectivity index (χ4n) is 3.03. The molecule has 1 heterocycles. The van der Waals surface area contributed by atoms with E-state index in [1.165, 1.54) is 42.3 Å². The Hall–Kier alpha value is -0.500. The molecule has 1 fully saturated rings. The Balaban J connectivity index is 1.97. The highest BCUT2D eigenvalue weighted by atomic mass is 79.9. The molecular weight excluding hydrogens is 250 g/mol. The second-order valence-corrected chi connectivity index (χ2v) is 5.64. The molecule has 3 rings (SSSR count). The molecule has 2 atom stereocenters. The van der Waals surface area contributed by atoms with E-state index >= 15 is 0 Å². The zero-order valence-corrected chi connectivity index (χ0v) is 10.4. The summed E-state index contributed by atoms with van der Waals surface area (Å²) in [5.41, 5.74) is 2.91. The van der Waals surface area contributed by atoms with Gasteiger partial charge in [0, 0.05) is 22.1 Å². The van der Waals surface area contributed by atoms with Crippen LogP contribution in [0.5, 0.6) is 0 Å². The Bertz CT molecular complexity index is 375. The third-order valence-electron chi connectivity index (χ3n) is 3.77. The zero-order chi connectivity index (χ0) is 10.3. The lowest BCUT2D eigenvalue weighted by atomic mass is 9.91. The fourth-order valence-corrected chi connectivity index (χ4v) is 3.39. The lowest BCUT2D eigenvalue weighted by molar-refractivity contribution is 0.562. The molecule has 0 bridgehead atoms. The van der Waals surface area contributed by atoms with E-state index in [0.717, 1.165) is 5.92 Å². The number of hydrogen-bond donors (Lipinski definition) is 1. The van der Waals surface area contributed by atoms with Gasteiger partial charge >= 0.3 is 0 Å². The summed E-state index contributed by atoms with van der Waals surface area (Å²) in [6, 6.07) is 7.40. The second-order valence-electron chi connectivity index (χ2n) is 4.73. The first-order chi connectivity index (χ1) is 7.34. The maximum atomic E-state index is 3.69. The number of halogens is 1. The molecule has 2 heteroatoms. The van der Waals surface area contributed by atoms with E-state index in [4.69, 9.17) is 0 Å². The summed E-state index contributed by atoms with van der Waals surface area (Å²) < 4.78 is 1.19. The van der Waals surface area contributed by atoms with Crippen LogP contribution < -0.4 is 5.32 Å². The molecule has 1 aliphatic carbocycles. The van der Waals surface area contributed by atoms with Crippen molar-refractivity contribution in [1.82, 2.24) is 0 Å². The van der Waals surface area contributed by atoms with E-state index in [-0.39, 0.29) is 0 Å². The highest BCUT2D eigenvalue weighted by Gasteiger charge is 2.32. The predicted octanol–water partition coefficient (Wildman–Crippen LogP) is 4.29. The van der Waals surface area contributed by atoms with Crippen LogP contribution in [0.3, 0.4) is 0 Å². The molecular formula is C13H16BrN. The minimum absolute atomic E-state index is 0.705. The van der Waals surface area contributed by atoms with E-state index in [1.807, 2.05) is 0 Å². The quantitative estimate of drug-likeness (QED) is 0.738. The third kappa shape index (κ3) is 1.69. The van der Waals surface area contributed by atoms with Crippen LogP contribution in [0.4, 0.5) is 5.69 Å². The molecule has 15 heavy (non-hydrogen) atoms. The van der Waals surface area contributed by atoms with Gasteiger partial charge in [-0.3, -0.25) is 0 Å². The number of anilines is 1. The van der Waals surface area contributed by atoms with E-state index in [1.54, 1.807) is 5.56 Å². The van der Waals surface area contributed by atoms with Crippen molar-refractivity contribution in [3.8, 4) is 0 Å². The van der Waals surface area contributed by atoms with Gasteiger partial charge < -0.3 is 5.32 Å². The van der Waals surface area contributed by atoms with Gasteiger partial charge in [0.1, 0.15) is 0 Å². The summed E-state index contributed by atoms with van der Waals surface area (Å²) in [7, 11) is 0. The molecule has 1 aromatic carbocycles. The van der Waals surface area contributed by atoms with Crippen molar-refractivity contribution in [3.63, 3.8) is 0 Å². The summed E-state index contributed by atoms with van der Waals surface area (Å²) >= 11 is 3.54. The van der Waals surface area contributed by atoms with Crippen LogP contribution >= 0.6 is 15.9 Å². The van der Waals surface area contributed by atoms with Crippen molar-refractivity contribution in [2.45, 2.75) is 44.1 Å². The second kappa shape index (κ2) is 3.82. The molecule has 0 amide bonds. The number of benzene rings is 1. The smallest absolute Gasteiger partial charge is 0.0390 e. The molecule has 80 valence electrons. The van der Waals surface area contributed by atoms with Crippen LogP contribution in [0.1, 0.15) is 43.6 Å². The molecule has 1 nitrogen and oxygen atoms in total. The summed E-state index contributed by atoms with van der Waals surface area (Å²) in [5.74, 6) is 0.774. The van der Waals surface area contributed by atoms with Gasteiger partial charge in [-0.2, -0.15) is 0 Å². The summed E-state index contributed by atoms with van der Waals surface area (Å²) in [4.78, 5) is 0. The molecule has 0 saturated heterocycles. The van der Waals surface area contributed by atoms with E-state index in [0.29, 0.717) is 6.04 Å². The van der Waals surface area contributed by atoms with Gasteiger partial charge in [0.25, 0.3) is 0 Å². The summed E-state index contributed by atoms with van der Waals surface area (Å²) in [6.45, 7) is 0. The van der Waals surface area contributed by atoms with E-state index in [9.17, 15) is 0 Å². The van der Waals surface area contributed by atoms with E-state index in [2.05, 4.69) is 39.4 Å². The van der Waals surface area contributed by atoms with Gasteiger partial charge in [-0.05, 0) is 30.5 Å². The van der Waals surface area contributed by atoms with Crippen molar-refractivity contribution >= 4 is 21.6 Å². The number of fused-ring (bicyclic) bond motifs is 3. The average Bonchev–Trinajstić information content (AvgIpc) is 2.42. The van der Waals surface area contributed by atoms with Crippen LogP contribution in [0, 0.1) is 0 Å².